The van der Waals surface area contributed by atoms with Gasteiger partial charge in [-0.15, -0.1) is 0 Å². The first-order valence-corrected chi connectivity index (χ1v) is 10.2. The molecule has 2 aromatic heterocycles. The minimum absolute atomic E-state index is 0.152. The minimum Gasteiger partial charge on any atom is -0.492 e. The fourth-order valence-corrected chi connectivity index (χ4v) is 3.86. The molecular weight excluding hydrogens is 364 g/mol. The summed E-state index contributed by atoms with van der Waals surface area (Å²) in [5, 5.41) is 4.43. The number of aromatic nitrogens is 3. The molecule has 0 aliphatic carbocycles. The highest BCUT2D eigenvalue weighted by Crippen LogP contribution is 2.24. The van der Waals surface area contributed by atoms with Crippen molar-refractivity contribution in [1.82, 2.24) is 19.5 Å². The largest absolute Gasteiger partial charge is 0.492 e. The Kier molecular flexibility index (Phi) is 5.88. The summed E-state index contributed by atoms with van der Waals surface area (Å²) in [6, 6.07) is 12.6. The molecule has 0 saturated heterocycles. The van der Waals surface area contributed by atoms with Crippen LogP contribution in [0, 0.1) is 6.92 Å². The first-order valence-electron chi connectivity index (χ1n) is 8.67. The number of hydrogen-bond donors (Lipinski definition) is 1. The molecule has 0 aliphatic heterocycles. The van der Waals surface area contributed by atoms with E-state index in [0.717, 1.165) is 17.0 Å². The van der Waals surface area contributed by atoms with Gasteiger partial charge in [0.1, 0.15) is 16.3 Å². The SMILES string of the molecule is CCOc1ccc(C)cc1S(=O)(=O)NCCn1ccc(-c2ccccn2)n1. The monoisotopic (exact) mass is 386 g/mol. The second kappa shape index (κ2) is 8.32. The zero-order valence-electron chi connectivity index (χ0n) is 15.3. The summed E-state index contributed by atoms with van der Waals surface area (Å²) in [4.78, 5) is 4.41. The van der Waals surface area contributed by atoms with Gasteiger partial charge in [-0.3, -0.25) is 9.67 Å². The highest BCUT2D eigenvalue weighted by molar-refractivity contribution is 7.89. The Morgan fingerprint density at radius 3 is 2.74 bits per heavy atom. The van der Waals surface area contributed by atoms with Gasteiger partial charge in [-0.05, 0) is 49.7 Å². The minimum atomic E-state index is -3.68. The lowest BCUT2D eigenvalue weighted by Crippen LogP contribution is -2.28. The summed E-state index contributed by atoms with van der Waals surface area (Å²) < 4.78 is 35.1. The molecule has 2 heterocycles. The summed E-state index contributed by atoms with van der Waals surface area (Å²) in [6.45, 7) is 4.68. The van der Waals surface area contributed by atoms with Crippen LogP contribution < -0.4 is 9.46 Å². The van der Waals surface area contributed by atoms with E-state index in [1.165, 1.54) is 0 Å². The number of rotatable bonds is 8. The van der Waals surface area contributed by atoms with Crippen molar-refractivity contribution < 1.29 is 13.2 Å². The van der Waals surface area contributed by atoms with Crippen molar-refractivity contribution in [2.45, 2.75) is 25.3 Å². The maximum atomic E-state index is 12.7. The van der Waals surface area contributed by atoms with Crippen molar-refractivity contribution in [2.24, 2.45) is 0 Å². The van der Waals surface area contributed by atoms with Crippen LogP contribution in [0.5, 0.6) is 5.75 Å². The molecule has 0 unspecified atom stereocenters. The van der Waals surface area contributed by atoms with Gasteiger partial charge >= 0.3 is 0 Å². The van der Waals surface area contributed by atoms with Gasteiger partial charge < -0.3 is 4.74 Å². The molecule has 27 heavy (non-hydrogen) atoms. The Balaban J connectivity index is 1.67. The van der Waals surface area contributed by atoms with Crippen molar-refractivity contribution >= 4 is 10.0 Å². The van der Waals surface area contributed by atoms with E-state index in [1.54, 1.807) is 29.2 Å². The Bertz CT molecular complexity index is 1000. The van der Waals surface area contributed by atoms with Crippen molar-refractivity contribution in [3.63, 3.8) is 0 Å². The van der Waals surface area contributed by atoms with Crippen LogP contribution in [-0.4, -0.2) is 36.3 Å². The van der Waals surface area contributed by atoms with Crippen LogP contribution in [0.1, 0.15) is 12.5 Å². The van der Waals surface area contributed by atoms with Crippen LogP contribution in [0.4, 0.5) is 0 Å². The predicted octanol–water partition coefficient (Wildman–Crippen LogP) is 2.63. The van der Waals surface area contributed by atoms with Crippen LogP contribution in [-0.2, 0) is 16.6 Å². The molecule has 0 atom stereocenters. The van der Waals surface area contributed by atoms with Crippen molar-refractivity contribution in [3.8, 4) is 17.1 Å². The van der Waals surface area contributed by atoms with Gasteiger partial charge in [-0.25, -0.2) is 13.1 Å². The Labute approximate surface area is 159 Å². The number of pyridine rings is 1. The molecule has 3 rings (SSSR count). The smallest absolute Gasteiger partial charge is 0.244 e. The zero-order valence-corrected chi connectivity index (χ0v) is 16.1. The summed E-state index contributed by atoms with van der Waals surface area (Å²) in [6.07, 6.45) is 3.51. The molecule has 0 bridgehead atoms. The molecule has 8 heteroatoms. The number of nitrogens with zero attached hydrogens (tertiary/aromatic N) is 3. The third kappa shape index (κ3) is 4.72. The molecule has 142 valence electrons. The fourth-order valence-electron chi connectivity index (χ4n) is 2.61. The number of aryl methyl sites for hydroxylation is 1. The highest BCUT2D eigenvalue weighted by atomic mass is 32.2. The van der Waals surface area contributed by atoms with Crippen LogP contribution in [0.2, 0.25) is 0 Å². The third-order valence-electron chi connectivity index (χ3n) is 3.89. The van der Waals surface area contributed by atoms with E-state index in [0.29, 0.717) is 18.9 Å². The second-order valence-corrected chi connectivity index (χ2v) is 7.70. The van der Waals surface area contributed by atoms with Gasteiger partial charge in [0.05, 0.1) is 18.8 Å². The number of ether oxygens (including phenoxy) is 1. The van der Waals surface area contributed by atoms with E-state index in [-0.39, 0.29) is 11.4 Å². The molecule has 0 aliphatic rings. The van der Waals surface area contributed by atoms with Crippen LogP contribution in [0.25, 0.3) is 11.4 Å². The molecule has 3 aromatic rings. The summed E-state index contributed by atoms with van der Waals surface area (Å²) in [5.41, 5.74) is 2.37. The van der Waals surface area contributed by atoms with E-state index in [2.05, 4.69) is 14.8 Å². The first kappa shape index (κ1) is 19.1. The molecule has 1 N–H and O–H groups in total. The lowest BCUT2D eigenvalue weighted by Gasteiger charge is -2.12. The van der Waals surface area contributed by atoms with Crippen LogP contribution >= 0.6 is 0 Å². The fraction of sp³-hybridized carbons (Fsp3) is 0.263. The van der Waals surface area contributed by atoms with Gasteiger partial charge in [0, 0.05) is 18.9 Å². The average Bonchev–Trinajstić information content (AvgIpc) is 3.13. The van der Waals surface area contributed by atoms with Crippen molar-refractivity contribution in [1.29, 1.82) is 0 Å². The van der Waals surface area contributed by atoms with E-state index >= 15 is 0 Å². The van der Waals surface area contributed by atoms with Crippen molar-refractivity contribution in [2.75, 3.05) is 13.2 Å². The maximum absolute atomic E-state index is 12.7. The number of sulfonamides is 1. The summed E-state index contributed by atoms with van der Waals surface area (Å²) in [7, 11) is -3.68. The first-order chi connectivity index (χ1) is 13.0. The highest BCUT2D eigenvalue weighted by Gasteiger charge is 2.19. The molecule has 7 nitrogen and oxygen atoms in total. The molecule has 0 fully saturated rings. The topological polar surface area (TPSA) is 86.1 Å². The van der Waals surface area contributed by atoms with Gasteiger partial charge in [0.2, 0.25) is 10.0 Å². The maximum Gasteiger partial charge on any atom is 0.244 e. The van der Waals surface area contributed by atoms with E-state index < -0.39 is 10.0 Å². The molecule has 0 spiro atoms. The Morgan fingerprint density at radius 1 is 1.15 bits per heavy atom. The molecular formula is C19H22N4O3S. The normalized spacial score (nSPS) is 11.5. The number of hydrogen-bond acceptors (Lipinski definition) is 5. The van der Waals surface area contributed by atoms with Gasteiger partial charge in [-0.1, -0.05) is 12.1 Å². The van der Waals surface area contributed by atoms with E-state index in [4.69, 9.17) is 4.74 Å². The van der Waals surface area contributed by atoms with Crippen molar-refractivity contribution in [3.05, 3.63) is 60.4 Å². The second-order valence-electron chi connectivity index (χ2n) is 5.96. The predicted molar refractivity (Wildman–Crippen MR) is 103 cm³/mol. The van der Waals surface area contributed by atoms with Gasteiger partial charge in [0.15, 0.2) is 0 Å². The number of nitrogens with one attached hydrogen (secondary N) is 1. The standard InChI is InChI=1S/C19H22N4O3S/c1-3-26-18-8-7-15(2)14-19(18)27(24,25)21-11-13-23-12-9-17(22-23)16-6-4-5-10-20-16/h4-10,12,14,21H,3,11,13H2,1-2H3. The number of benzene rings is 1. The zero-order chi connectivity index (χ0) is 19.3. The van der Waals surface area contributed by atoms with Gasteiger partial charge in [-0.2, -0.15) is 5.10 Å². The van der Waals surface area contributed by atoms with Crippen LogP contribution in [0.15, 0.2) is 59.8 Å². The molecule has 0 radical (unpaired) electrons. The van der Waals surface area contributed by atoms with E-state index in [9.17, 15) is 8.42 Å². The van der Waals surface area contributed by atoms with Crippen LogP contribution in [0.3, 0.4) is 0 Å². The molecule has 0 amide bonds. The Morgan fingerprint density at radius 2 is 2.00 bits per heavy atom. The van der Waals surface area contributed by atoms with E-state index in [1.807, 2.05) is 44.2 Å². The third-order valence-corrected chi connectivity index (χ3v) is 5.37. The summed E-state index contributed by atoms with van der Waals surface area (Å²) in [5.74, 6) is 0.354. The Hall–Kier alpha value is -2.71. The lowest BCUT2D eigenvalue weighted by atomic mass is 10.2. The molecule has 0 saturated carbocycles. The quantitative estimate of drug-likeness (QED) is 0.643. The lowest BCUT2D eigenvalue weighted by molar-refractivity contribution is 0.331. The molecule has 1 aromatic carbocycles. The average molecular weight is 386 g/mol. The van der Waals surface area contributed by atoms with Gasteiger partial charge in [0.25, 0.3) is 0 Å². The summed E-state index contributed by atoms with van der Waals surface area (Å²) >= 11 is 0.